The maximum Gasteiger partial charge on any atom is 0.308 e. The molecule has 1 saturated heterocycles. The van der Waals surface area contributed by atoms with Gasteiger partial charge in [-0.2, -0.15) is 0 Å². The zero-order chi connectivity index (χ0) is 11.0. The summed E-state index contributed by atoms with van der Waals surface area (Å²) in [4.78, 5) is 11.2. The first-order valence-electron chi connectivity index (χ1n) is 5.36. The Balaban J connectivity index is 2.06. The lowest BCUT2D eigenvalue weighted by Crippen LogP contribution is -2.41. The summed E-state index contributed by atoms with van der Waals surface area (Å²) in [7, 11) is 0. The fraction of sp³-hybridized carbons (Fsp3) is 0.500. The molecule has 0 spiro atoms. The molecule has 1 fully saturated rings. The average Bonchev–Trinajstić information content (AvgIpc) is 2.75. The number of aromatic amines is 1. The van der Waals surface area contributed by atoms with E-state index < -0.39 is 0 Å². The Bertz CT molecular complexity index is 506. The van der Waals surface area contributed by atoms with Gasteiger partial charge >= 0.3 is 5.65 Å². The molecule has 0 amide bonds. The Morgan fingerprint density at radius 3 is 3.19 bits per heavy atom. The topological polar surface area (TPSA) is 54.7 Å². The van der Waals surface area contributed by atoms with Crippen molar-refractivity contribution in [2.24, 2.45) is 0 Å². The fourth-order valence-corrected chi connectivity index (χ4v) is 2.22. The van der Waals surface area contributed by atoms with E-state index >= 15 is 0 Å². The van der Waals surface area contributed by atoms with Crippen LogP contribution in [-0.4, -0.2) is 21.6 Å². The largest absolute Gasteiger partial charge is 0.345 e. The predicted molar refractivity (Wildman–Crippen MR) is 57.9 cm³/mol. The number of hydrogen-bond donors (Lipinski definition) is 1. The molecule has 0 saturated carbocycles. The molecule has 5 nitrogen and oxygen atoms in total. The number of aromatic nitrogens is 4. The van der Waals surface area contributed by atoms with E-state index in [2.05, 4.69) is 15.0 Å². The van der Waals surface area contributed by atoms with Gasteiger partial charge in [0.1, 0.15) is 0 Å². The van der Waals surface area contributed by atoms with Gasteiger partial charge in [0.2, 0.25) is 5.52 Å². The van der Waals surface area contributed by atoms with Crippen LogP contribution in [-0.2, 0) is 4.74 Å². The normalized spacial score (nSPS) is 21.4. The van der Waals surface area contributed by atoms with Crippen molar-refractivity contribution in [2.75, 3.05) is 6.61 Å². The van der Waals surface area contributed by atoms with E-state index in [1.807, 2.05) is 10.9 Å². The molecule has 0 radical (unpaired) electrons. The number of imidazole rings is 1. The molecule has 2 aromatic rings. The van der Waals surface area contributed by atoms with Crippen LogP contribution < -0.4 is 4.57 Å². The summed E-state index contributed by atoms with van der Waals surface area (Å²) < 4.78 is 7.70. The van der Waals surface area contributed by atoms with Crippen LogP contribution in [0.4, 0.5) is 0 Å². The zero-order valence-corrected chi connectivity index (χ0v) is 9.44. The van der Waals surface area contributed by atoms with Crippen LogP contribution in [0.5, 0.6) is 0 Å². The Labute approximate surface area is 97.4 Å². The number of nitrogens with zero attached hydrogens (tertiary/aromatic N) is 3. The number of halogens is 1. The Morgan fingerprint density at radius 2 is 2.38 bits per heavy atom. The molecule has 3 heterocycles. The molecular formula is C10H12ClN4O+. The van der Waals surface area contributed by atoms with Crippen LogP contribution in [0.2, 0.25) is 5.15 Å². The number of ether oxygens (including phenoxy) is 1. The van der Waals surface area contributed by atoms with Crippen molar-refractivity contribution in [1.82, 2.24) is 15.0 Å². The summed E-state index contributed by atoms with van der Waals surface area (Å²) >= 11 is 5.97. The van der Waals surface area contributed by atoms with Gasteiger partial charge in [-0.05, 0) is 12.8 Å². The van der Waals surface area contributed by atoms with E-state index in [0.29, 0.717) is 5.15 Å². The van der Waals surface area contributed by atoms with E-state index in [1.165, 1.54) is 12.7 Å². The Kier molecular flexibility index (Phi) is 2.49. The van der Waals surface area contributed by atoms with Gasteiger partial charge in [0.25, 0.3) is 0 Å². The van der Waals surface area contributed by atoms with Crippen LogP contribution in [0.25, 0.3) is 11.2 Å². The molecule has 0 aliphatic carbocycles. The molecular weight excluding hydrogens is 228 g/mol. The minimum atomic E-state index is 0.0634. The number of H-pyrrole nitrogens is 1. The highest BCUT2D eigenvalue weighted by Gasteiger charge is 2.24. The first-order chi connectivity index (χ1) is 7.86. The zero-order valence-electron chi connectivity index (χ0n) is 8.69. The maximum atomic E-state index is 5.97. The van der Waals surface area contributed by atoms with Crippen molar-refractivity contribution in [1.29, 1.82) is 0 Å². The van der Waals surface area contributed by atoms with Crippen molar-refractivity contribution in [3.63, 3.8) is 0 Å². The standard InChI is InChI=1S/C10H11ClN4O/c11-9-8-10(13-5-12-9)15(6-14-8)7-3-1-2-4-16-7/h5-7H,1-4H2/p+1. The van der Waals surface area contributed by atoms with Crippen molar-refractivity contribution < 1.29 is 9.30 Å². The average molecular weight is 240 g/mol. The molecule has 1 aliphatic heterocycles. The van der Waals surface area contributed by atoms with Gasteiger partial charge in [0.05, 0.1) is 6.61 Å². The summed E-state index contributed by atoms with van der Waals surface area (Å²) in [6, 6.07) is 0. The molecule has 16 heavy (non-hydrogen) atoms. The van der Waals surface area contributed by atoms with Crippen LogP contribution in [0.15, 0.2) is 12.7 Å². The van der Waals surface area contributed by atoms with Gasteiger partial charge in [-0.15, -0.1) is 0 Å². The quantitative estimate of drug-likeness (QED) is 0.608. The summed E-state index contributed by atoms with van der Waals surface area (Å²) in [5, 5.41) is 0.444. The molecule has 1 unspecified atom stereocenters. The van der Waals surface area contributed by atoms with Crippen molar-refractivity contribution >= 4 is 22.8 Å². The van der Waals surface area contributed by atoms with Crippen LogP contribution >= 0.6 is 11.6 Å². The SMILES string of the molecule is Clc1ncnc2c1[nH]c[n+]2C1CCCCO1. The molecule has 6 heteroatoms. The summed E-state index contributed by atoms with van der Waals surface area (Å²) in [6.45, 7) is 0.809. The van der Waals surface area contributed by atoms with Gasteiger partial charge in [-0.25, -0.2) is 9.55 Å². The van der Waals surface area contributed by atoms with Crippen LogP contribution in [0.1, 0.15) is 25.5 Å². The van der Waals surface area contributed by atoms with E-state index in [0.717, 1.165) is 30.6 Å². The van der Waals surface area contributed by atoms with Gasteiger partial charge in [0, 0.05) is 6.42 Å². The molecule has 1 N–H and O–H groups in total. The third-order valence-corrected chi connectivity index (χ3v) is 3.13. The number of fused-ring (bicyclic) bond motifs is 1. The third-order valence-electron chi connectivity index (χ3n) is 2.84. The van der Waals surface area contributed by atoms with Crippen LogP contribution in [0, 0.1) is 0 Å². The highest BCUT2D eigenvalue weighted by molar-refractivity contribution is 6.33. The van der Waals surface area contributed by atoms with E-state index in [1.54, 1.807) is 0 Å². The Morgan fingerprint density at radius 1 is 1.44 bits per heavy atom. The molecule has 0 bridgehead atoms. The lowest BCUT2D eigenvalue weighted by molar-refractivity contribution is -0.744. The lowest BCUT2D eigenvalue weighted by Gasteiger charge is -2.20. The highest BCUT2D eigenvalue weighted by Crippen LogP contribution is 2.20. The van der Waals surface area contributed by atoms with Crippen molar-refractivity contribution in [3.8, 4) is 0 Å². The van der Waals surface area contributed by atoms with Gasteiger partial charge in [0.15, 0.2) is 24.0 Å². The molecule has 2 aromatic heterocycles. The van der Waals surface area contributed by atoms with Crippen molar-refractivity contribution in [2.45, 2.75) is 25.5 Å². The number of nitrogens with one attached hydrogen (secondary N) is 1. The van der Waals surface area contributed by atoms with Gasteiger partial charge in [-0.1, -0.05) is 16.6 Å². The van der Waals surface area contributed by atoms with E-state index in [-0.39, 0.29) is 6.23 Å². The van der Waals surface area contributed by atoms with Crippen molar-refractivity contribution in [3.05, 3.63) is 17.8 Å². The predicted octanol–water partition coefficient (Wildman–Crippen LogP) is 1.60. The summed E-state index contributed by atoms with van der Waals surface area (Å²) in [6.07, 6.45) is 6.71. The highest BCUT2D eigenvalue weighted by atomic mass is 35.5. The van der Waals surface area contributed by atoms with Gasteiger partial charge < -0.3 is 4.74 Å². The second kappa shape index (κ2) is 3.99. The molecule has 0 aromatic carbocycles. The Hall–Kier alpha value is -1.20. The molecule has 1 aliphatic rings. The first-order valence-corrected chi connectivity index (χ1v) is 5.74. The molecule has 3 rings (SSSR count). The second-order valence-corrected chi connectivity index (χ2v) is 4.22. The first kappa shape index (κ1) is 9.99. The fourth-order valence-electron chi connectivity index (χ4n) is 2.03. The third kappa shape index (κ3) is 1.56. The minimum Gasteiger partial charge on any atom is -0.345 e. The van der Waals surface area contributed by atoms with E-state index in [4.69, 9.17) is 16.3 Å². The molecule has 1 atom stereocenters. The summed E-state index contributed by atoms with van der Waals surface area (Å²) in [5.74, 6) is 0. The van der Waals surface area contributed by atoms with E-state index in [9.17, 15) is 0 Å². The van der Waals surface area contributed by atoms with Crippen LogP contribution in [0.3, 0.4) is 0 Å². The number of hydrogen-bond acceptors (Lipinski definition) is 3. The smallest absolute Gasteiger partial charge is 0.308 e. The molecule has 84 valence electrons. The lowest BCUT2D eigenvalue weighted by atomic mass is 10.2. The minimum absolute atomic E-state index is 0.0634. The summed E-state index contributed by atoms with van der Waals surface area (Å²) in [5.41, 5.74) is 1.56. The number of rotatable bonds is 1. The van der Waals surface area contributed by atoms with Gasteiger partial charge in [-0.3, -0.25) is 4.98 Å². The second-order valence-electron chi connectivity index (χ2n) is 3.87. The monoisotopic (exact) mass is 239 g/mol. The maximum absolute atomic E-state index is 5.97.